The standard InChI is InChI=1S/C11H16N2O4/c1-17-7-8(14)2-5-13-10-3-4-12-6-9(10)11(15)16/h3-4,6,8,14H,2,5,7H2,1H3,(H,12,13)(H,15,16). The number of aromatic carboxylic acids is 1. The van der Waals surface area contributed by atoms with Crippen LogP contribution in [0.1, 0.15) is 16.8 Å². The van der Waals surface area contributed by atoms with Crippen molar-refractivity contribution in [2.75, 3.05) is 25.6 Å². The molecule has 6 heteroatoms. The Hall–Kier alpha value is -1.66. The molecule has 0 aromatic carbocycles. The van der Waals surface area contributed by atoms with Crippen LogP contribution in [0.15, 0.2) is 18.5 Å². The number of carboxylic acid groups (broad SMARTS) is 1. The van der Waals surface area contributed by atoms with E-state index >= 15 is 0 Å². The summed E-state index contributed by atoms with van der Waals surface area (Å²) < 4.78 is 4.79. The molecule has 0 saturated carbocycles. The van der Waals surface area contributed by atoms with E-state index in [1.165, 1.54) is 19.5 Å². The lowest BCUT2D eigenvalue weighted by Gasteiger charge is -2.12. The maximum atomic E-state index is 10.9. The predicted molar refractivity (Wildman–Crippen MR) is 62.2 cm³/mol. The summed E-state index contributed by atoms with van der Waals surface area (Å²) in [6.07, 6.45) is 2.73. The predicted octanol–water partition coefficient (Wildman–Crippen LogP) is 0.589. The van der Waals surface area contributed by atoms with Crippen LogP contribution >= 0.6 is 0 Å². The molecule has 0 aliphatic heterocycles. The minimum atomic E-state index is -1.03. The smallest absolute Gasteiger partial charge is 0.339 e. The van der Waals surface area contributed by atoms with Gasteiger partial charge < -0.3 is 20.3 Å². The van der Waals surface area contributed by atoms with Gasteiger partial charge in [-0.3, -0.25) is 4.98 Å². The molecule has 0 amide bonds. The molecular weight excluding hydrogens is 224 g/mol. The molecule has 0 radical (unpaired) electrons. The van der Waals surface area contributed by atoms with Crippen molar-refractivity contribution in [1.29, 1.82) is 0 Å². The molecule has 0 fully saturated rings. The quantitative estimate of drug-likeness (QED) is 0.646. The van der Waals surface area contributed by atoms with Crippen molar-refractivity contribution < 1.29 is 19.7 Å². The molecule has 1 atom stereocenters. The fourth-order valence-electron chi connectivity index (χ4n) is 1.37. The van der Waals surface area contributed by atoms with E-state index in [1.807, 2.05) is 0 Å². The van der Waals surface area contributed by atoms with Crippen molar-refractivity contribution in [2.24, 2.45) is 0 Å². The minimum absolute atomic E-state index is 0.119. The number of carboxylic acids is 1. The van der Waals surface area contributed by atoms with Crippen LogP contribution in [0, 0.1) is 0 Å². The number of aromatic nitrogens is 1. The maximum absolute atomic E-state index is 10.9. The molecule has 0 bridgehead atoms. The highest BCUT2D eigenvalue weighted by Crippen LogP contribution is 2.13. The monoisotopic (exact) mass is 240 g/mol. The molecule has 1 unspecified atom stereocenters. The highest BCUT2D eigenvalue weighted by atomic mass is 16.5. The van der Waals surface area contributed by atoms with Gasteiger partial charge in [0.2, 0.25) is 0 Å². The number of aliphatic hydroxyl groups is 1. The van der Waals surface area contributed by atoms with Gasteiger partial charge in [-0.1, -0.05) is 0 Å². The van der Waals surface area contributed by atoms with Crippen LogP contribution < -0.4 is 5.32 Å². The van der Waals surface area contributed by atoms with Gasteiger partial charge in [0.05, 0.1) is 18.4 Å². The largest absolute Gasteiger partial charge is 0.478 e. The van der Waals surface area contributed by atoms with Gasteiger partial charge >= 0.3 is 5.97 Å². The number of methoxy groups -OCH3 is 1. The summed E-state index contributed by atoms with van der Waals surface area (Å²) in [5.74, 6) is -1.03. The van der Waals surface area contributed by atoms with Crippen molar-refractivity contribution in [3.8, 4) is 0 Å². The molecule has 17 heavy (non-hydrogen) atoms. The van der Waals surface area contributed by atoms with Crippen LogP contribution in [-0.4, -0.2) is 47.5 Å². The zero-order valence-electron chi connectivity index (χ0n) is 9.59. The zero-order chi connectivity index (χ0) is 12.7. The Kier molecular flexibility index (Phi) is 5.38. The Morgan fingerprint density at radius 2 is 2.41 bits per heavy atom. The summed E-state index contributed by atoms with van der Waals surface area (Å²) in [6, 6.07) is 1.59. The fraction of sp³-hybridized carbons (Fsp3) is 0.455. The van der Waals surface area contributed by atoms with Crippen molar-refractivity contribution in [2.45, 2.75) is 12.5 Å². The third kappa shape index (κ3) is 4.38. The molecule has 0 saturated heterocycles. The number of pyridine rings is 1. The van der Waals surface area contributed by atoms with Crippen LogP contribution in [0.25, 0.3) is 0 Å². The minimum Gasteiger partial charge on any atom is -0.478 e. The summed E-state index contributed by atoms with van der Waals surface area (Å²) in [4.78, 5) is 14.6. The van der Waals surface area contributed by atoms with Gasteiger partial charge in [0.1, 0.15) is 5.56 Å². The molecule has 94 valence electrons. The second-order valence-corrected chi connectivity index (χ2v) is 3.55. The lowest BCUT2D eigenvalue weighted by atomic mass is 10.2. The average molecular weight is 240 g/mol. The van der Waals surface area contributed by atoms with Gasteiger partial charge in [0.25, 0.3) is 0 Å². The van der Waals surface area contributed by atoms with E-state index < -0.39 is 12.1 Å². The topological polar surface area (TPSA) is 91.7 Å². The molecular formula is C11H16N2O4. The van der Waals surface area contributed by atoms with Crippen LogP contribution in [0.4, 0.5) is 5.69 Å². The average Bonchev–Trinajstić information content (AvgIpc) is 2.30. The van der Waals surface area contributed by atoms with Gasteiger partial charge in [0.15, 0.2) is 0 Å². The Morgan fingerprint density at radius 1 is 1.65 bits per heavy atom. The number of nitrogens with one attached hydrogen (secondary N) is 1. The summed E-state index contributed by atoms with van der Waals surface area (Å²) in [5.41, 5.74) is 0.617. The SMILES string of the molecule is COCC(O)CCNc1ccncc1C(=O)O. The molecule has 6 nitrogen and oxygen atoms in total. The normalized spacial score (nSPS) is 12.1. The van der Waals surface area contributed by atoms with Gasteiger partial charge in [-0.2, -0.15) is 0 Å². The third-order valence-corrected chi connectivity index (χ3v) is 2.20. The summed E-state index contributed by atoms with van der Waals surface area (Å²) >= 11 is 0. The second-order valence-electron chi connectivity index (χ2n) is 3.55. The van der Waals surface area contributed by atoms with E-state index in [2.05, 4.69) is 10.3 Å². The number of nitrogens with zero attached hydrogens (tertiary/aromatic N) is 1. The molecule has 0 aliphatic rings. The molecule has 3 N–H and O–H groups in total. The third-order valence-electron chi connectivity index (χ3n) is 2.20. The van der Waals surface area contributed by atoms with Crippen LogP contribution in [-0.2, 0) is 4.74 Å². The van der Waals surface area contributed by atoms with Crippen LogP contribution in [0.2, 0.25) is 0 Å². The highest BCUT2D eigenvalue weighted by Gasteiger charge is 2.09. The molecule has 1 aromatic rings. The zero-order valence-corrected chi connectivity index (χ0v) is 9.59. The lowest BCUT2D eigenvalue weighted by Crippen LogP contribution is -2.19. The molecule has 0 aliphatic carbocycles. The number of hydrogen-bond acceptors (Lipinski definition) is 5. The summed E-state index contributed by atoms with van der Waals surface area (Å²) in [5, 5.41) is 21.3. The number of anilines is 1. The van der Waals surface area contributed by atoms with Crippen LogP contribution in [0.3, 0.4) is 0 Å². The van der Waals surface area contributed by atoms with Gasteiger partial charge in [0, 0.05) is 26.0 Å². The van der Waals surface area contributed by atoms with Crippen molar-refractivity contribution in [1.82, 2.24) is 4.98 Å². The number of aliphatic hydroxyl groups excluding tert-OH is 1. The van der Waals surface area contributed by atoms with Crippen molar-refractivity contribution in [3.63, 3.8) is 0 Å². The number of hydrogen-bond donors (Lipinski definition) is 3. The van der Waals surface area contributed by atoms with E-state index in [0.29, 0.717) is 18.7 Å². The summed E-state index contributed by atoms with van der Waals surface area (Å²) in [7, 11) is 1.52. The highest BCUT2D eigenvalue weighted by molar-refractivity contribution is 5.93. The lowest BCUT2D eigenvalue weighted by molar-refractivity contribution is 0.0615. The number of ether oxygens (including phenoxy) is 1. The first-order chi connectivity index (χ1) is 8.15. The Bertz CT molecular complexity index is 370. The number of carbonyl (C=O) groups is 1. The Morgan fingerprint density at radius 3 is 3.06 bits per heavy atom. The first-order valence-electron chi connectivity index (χ1n) is 5.23. The van der Waals surface area contributed by atoms with Crippen LogP contribution in [0.5, 0.6) is 0 Å². The first kappa shape index (κ1) is 13.4. The van der Waals surface area contributed by atoms with Gasteiger partial charge in [-0.25, -0.2) is 4.79 Å². The van der Waals surface area contributed by atoms with Gasteiger partial charge in [-0.15, -0.1) is 0 Å². The Balaban J connectivity index is 2.49. The Labute approximate surface area is 99.3 Å². The van der Waals surface area contributed by atoms with Crippen molar-refractivity contribution in [3.05, 3.63) is 24.0 Å². The second kappa shape index (κ2) is 6.82. The first-order valence-corrected chi connectivity index (χ1v) is 5.23. The van der Waals surface area contributed by atoms with E-state index in [0.717, 1.165) is 0 Å². The van der Waals surface area contributed by atoms with Gasteiger partial charge in [-0.05, 0) is 12.5 Å². The number of rotatable bonds is 7. The fourth-order valence-corrected chi connectivity index (χ4v) is 1.37. The van der Waals surface area contributed by atoms with E-state index in [1.54, 1.807) is 6.07 Å². The van der Waals surface area contributed by atoms with E-state index in [4.69, 9.17) is 9.84 Å². The van der Waals surface area contributed by atoms with E-state index in [9.17, 15) is 9.90 Å². The molecule has 0 spiro atoms. The molecule has 1 aromatic heterocycles. The molecule has 1 rings (SSSR count). The molecule has 1 heterocycles. The van der Waals surface area contributed by atoms with Crippen molar-refractivity contribution >= 4 is 11.7 Å². The van der Waals surface area contributed by atoms with E-state index in [-0.39, 0.29) is 12.2 Å². The maximum Gasteiger partial charge on any atom is 0.339 e. The summed E-state index contributed by atoms with van der Waals surface area (Å²) in [6.45, 7) is 0.735.